The normalized spacial score (nSPS) is 18.1. The fourth-order valence-electron chi connectivity index (χ4n) is 2.24. The highest BCUT2D eigenvalue weighted by Crippen LogP contribution is 2.30. The highest BCUT2D eigenvalue weighted by molar-refractivity contribution is 7.99. The molecular weight excluding hydrogens is 336 g/mol. The highest BCUT2D eigenvalue weighted by atomic mass is 32.2. The molecule has 0 aliphatic carbocycles. The summed E-state index contributed by atoms with van der Waals surface area (Å²) in [6, 6.07) is 6.90. The lowest BCUT2D eigenvalue weighted by atomic mass is 10.1. The summed E-state index contributed by atoms with van der Waals surface area (Å²) in [5.74, 6) is -2.69. The van der Waals surface area contributed by atoms with Crippen LogP contribution in [0.4, 0.5) is 0 Å². The topological polar surface area (TPSA) is 102 Å². The average Bonchev–Trinajstić information content (AvgIpc) is 2.59. The van der Waals surface area contributed by atoms with Crippen LogP contribution < -0.4 is 4.74 Å². The summed E-state index contributed by atoms with van der Waals surface area (Å²) < 4.78 is 15.8. The lowest BCUT2D eigenvalue weighted by Crippen LogP contribution is -2.54. The van der Waals surface area contributed by atoms with Crippen molar-refractivity contribution in [3.05, 3.63) is 24.3 Å². The molecule has 1 atom stereocenters. The zero-order chi connectivity index (χ0) is 17.6. The van der Waals surface area contributed by atoms with E-state index in [1.807, 2.05) is 0 Å². The minimum absolute atomic E-state index is 0.274. The molecule has 132 valence electrons. The van der Waals surface area contributed by atoms with Crippen molar-refractivity contribution in [2.75, 3.05) is 19.5 Å². The van der Waals surface area contributed by atoms with Crippen LogP contribution in [-0.4, -0.2) is 53.5 Å². The van der Waals surface area contributed by atoms with Gasteiger partial charge in [0.05, 0.1) is 7.11 Å². The molecule has 1 heterocycles. The SMILES string of the molecule is COc1ccc(SCC(OC2CCCCO2)(C(=O)O)C(=O)O)cc1. The lowest BCUT2D eigenvalue weighted by Gasteiger charge is -2.31. The first-order valence-electron chi connectivity index (χ1n) is 7.51. The molecule has 0 saturated carbocycles. The van der Waals surface area contributed by atoms with Crippen molar-refractivity contribution in [1.82, 2.24) is 0 Å². The number of rotatable bonds is 8. The molecule has 0 spiro atoms. The van der Waals surface area contributed by atoms with Gasteiger partial charge in [0.15, 0.2) is 6.29 Å². The maximum absolute atomic E-state index is 11.7. The minimum atomic E-state index is -2.35. The van der Waals surface area contributed by atoms with E-state index in [0.29, 0.717) is 18.8 Å². The number of carbonyl (C=O) groups is 2. The summed E-state index contributed by atoms with van der Waals surface area (Å²) in [5.41, 5.74) is -2.35. The van der Waals surface area contributed by atoms with Crippen LogP contribution in [0.15, 0.2) is 29.2 Å². The van der Waals surface area contributed by atoms with Crippen LogP contribution in [0.2, 0.25) is 0 Å². The van der Waals surface area contributed by atoms with Gasteiger partial charge in [-0.15, -0.1) is 11.8 Å². The number of carboxylic acids is 2. The molecular formula is C16H20O7S. The van der Waals surface area contributed by atoms with Crippen LogP contribution in [0.1, 0.15) is 19.3 Å². The van der Waals surface area contributed by atoms with Gasteiger partial charge >= 0.3 is 11.9 Å². The Morgan fingerprint density at radius 3 is 2.42 bits per heavy atom. The van der Waals surface area contributed by atoms with Gasteiger partial charge in [-0.2, -0.15) is 0 Å². The Labute approximate surface area is 143 Å². The summed E-state index contributed by atoms with van der Waals surface area (Å²) in [6.07, 6.45) is 1.33. The Kier molecular flexibility index (Phi) is 6.47. The van der Waals surface area contributed by atoms with Crippen LogP contribution in [0.5, 0.6) is 5.75 Å². The summed E-state index contributed by atoms with van der Waals surface area (Å²) in [6.45, 7) is 0.436. The van der Waals surface area contributed by atoms with Gasteiger partial charge in [-0.1, -0.05) is 0 Å². The van der Waals surface area contributed by atoms with Crippen molar-refractivity contribution in [3.63, 3.8) is 0 Å². The van der Waals surface area contributed by atoms with Crippen LogP contribution in [0.3, 0.4) is 0 Å². The molecule has 0 radical (unpaired) electrons. The number of hydrogen-bond donors (Lipinski definition) is 2. The zero-order valence-electron chi connectivity index (χ0n) is 13.3. The summed E-state index contributed by atoms with van der Waals surface area (Å²) in [4.78, 5) is 24.0. The summed E-state index contributed by atoms with van der Waals surface area (Å²) >= 11 is 1.09. The molecule has 2 rings (SSSR count). The molecule has 7 nitrogen and oxygen atoms in total. The Hall–Kier alpha value is -1.77. The summed E-state index contributed by atoms with van der Waals surface area (Å²) in [5, 5.41) is 19.0. The quantitative estimate of drug-likeness (QED) is 0.540. The number of carboxylic acid groups (broad SMARTS) is 2. The van der Waals surface area contributed by atoms with Crippen molar-refractivity contribution in [2.24, 2.45) is 0 Å². The molecule has 24 heavy (non-hydrogen) atoms. The molecule has 1 aliphatic rings. The van der Waals surface area contributed by atoms with E-state index < -0.39 is 23.8 Å². The third kappa shape index (κ3) is 4.40. The second-order valence-corrected chi connectivity index (χ2v) is 6.36. The lowest BCUT2D eigenvalue weighted by molar-refractivity contribution is -0.231. The van der Waals surface area contributed by atoms with Gasteiger partial charge in [0.2, 0.25) is 0 Å². The number of benzene rings is 1. The molecule has 8 heteroatoms. The Morgan fingerprint density at radius 1 is 1.25 bits per heavy atom. The van der Waals surface area contributed by atoms with E-state index in [2.05, 4.69) is 0 Å². The van der Waals surface area contributed by atoms with Gasteiger partial charge in [-0.25, -0.2) is 9.59 Å². The first kappa shape index (κ1) is 18.6. The van der Waals surface area contributed by atoms with E-state index in [1.54, 1.807) is 31.4 Å². The van der Waals surface area contributed by atoms with Crippen LogP contribution in [-0.2, 0) is 19.1 Å². The third-order valence-corrected chi connectivity index (χ3v) is 4.82. The Balaban J connectivity index is 2.11. The molecule has 0 amide bonds. The molecule has 1 aliphatic heterocycles. The third-order valence-electron chi connectivity index (χ3n) is 3.66. The first-order chi connectivity index (χ1) is 11.5. The number of ether oxygens (including phenoxy) is 3. The van der Waals surface area contributed by atoms with Crippen LogP contribution >= 0.6 is 11.8 Å². The molecule has 0 bridgehead atoms. The predicted molar refractivity (Wildman–Crippen MR) is 86.4 cm³/mol. The van der Waals surface area contributed by atoms with Crippen molar-refractivity contribution in [3.8, 4) is 5.75 Å². The standard InChI is InChI=1S/C16H20O7S/c1-21-11-5-7-12(8-6-11)24-10-16(14(17)18,15(19)20)23-13-4-2-3-9-22-13/h5-8,13H,2-4,9-10H2,1H3,(H,17,18)(H,19,20). The van der Waals surface area contributed by atoms with Gasteiger partial charge in [0, 0.05) is 17.3 Å². The van der Waals surface area contributed by atoms with Gasteiger partial charge < -0.3 is 24.4 Å². The number of methoxy groups -OCH3 is 1. The maximum Gasteiger partial charge on any atom is 0.348 e. The van der Waals surface area contributed by atoms with Crippen molar-refractivity contribution in [2.45, 2.75) is 36.0 Å². The Bertz CT molecular complexity index is 552. The molecule has 1 fully saturated rings. The molecule has 0 aromatic heterocycles. The first-order valence-corrected chi connectivity index (χ1v) is 8.49. The second-order valence-electron chi connectivity index (χ2n) is 5.32. The van der Waals surface area contributed by atoms with Gasteiger partial charge in [0.25, 0.3) is 5.60 Å². The number of hydrogen-bond acceptors (Lipinski definition) is 6. The molecule has 1 aromatic carbocycles. The van der Waals surface area contributed by atoms with Crippen molar-refractivity contribution in [1.29, 1.82) is 0 Å². The molecule has 1 saturated heterocycles. The highest BCUT2D eigenvalue weighted by Gasteiger charge is 2.50. The van der Waals surface area contributed by atoms with E-state index in [1.165, 1.54) is 0 Å². The van der Waals surface area contributed by atoms with Gasteiger partial charge in [0.1, 0.15) is 5.75 Å². The maximum atomic E-state index is 11.7. The fraction of sp³-hybridized carbons (Fsp3) is 0.500. The Morgan fingerprint density at radius 2 is 1.92 bits per heavy atom. The zero-order valence-corrected chi connectivity index (χ0v) is 14.1. The molecule has 1 aromatic rings. The van der Waals surface area contributed by atoms with Crippen molar-refractivity contribution < 1.29 is 34.0 Å². The van der Waals surface area contributed by atoms with E-state index in [4.69, 9.17) is 14.2 Å². The van der Waals surface area contributed by atoms with Crippen LogP contribution in [0, 0.1) is 0 Å². The largest absolute Gasteiger partial charge is 0.497 e. The monoisotopic (exact) mass is 356 g/mol. The fourth-order valence-corrected chi connectivity index (χ4v) is 3.25. The van der Waals surface area contributed by atoms with E-state index in [0.717, 1.165) is 29.5 Å². The number of thioether (sulfide) groups is 1. The van der Waals surface area contributed by atoms with Gasteiger partial charge in [-0.3, -0.25) is 0 Å². The number of aliphatic carboxylic acids is 2. The second kappa shape index (κ2) is 8.36. The van der Waals surface area contributed by atoms with E-state index in [-0.39, 0.29) is 5.75 Å². The minimum Gasteiger partial charge on any atom is -0.497 e. The smallest absolute Gasteiger partial charge is 0.348 e. The van der Waals surface area contributed by atoms with Crippen molar-refractivity contribution >= 4 is 23.7 Å². The molecule has 2 N–H and O–H groups in total. The predicted octanol–water partition coefficient (Wildman–Crippen LogP) is 2.24. The van der Waals surface area contributed by atoms with Crippen LogP contribution in [0.25, 0.3) is 0 Å². The molecule has 1 unspecified atom stereocenters. The average molecular weight is 356 g/mol. The van der Waals surface area contributed by atoms with E-state index in [9.17, 15) is 19.8 Å². The van der Waals surface area contributed by atoms with E-state index >= 15 is 0 Å². The van der Waals surface area contributed by atoms with Gasteiger partial charge in [-0.05, 0) is 43.5 Å². The summed E-state index contributed by atoms with van der Waals surface area (Å²) in [7, 11) is 1.54.